The zero-order chi connectivity index (χ0) is 13.2. The lowest BCUT2D eigenvalue weighted by atomic mass is 10.1. The van der Waals surface area contributed by atoms with Crippen LogP contribution in [0.15, 0.2) is 0 Å². The molecule has 0 aromatic rings. The topological polar surface area (TPSA) is 21.7 Å². The van der Waals surface area contributed by atoms with E-state index >= 15 is 0 Å². The molecule has 0 unspecified atom stereocenters. The van der Waals surface area contributed by atoms with Gasteiger partial charge >= 0.3 is 0 Å². The Balaban J connectivity index is 1.95. The molecule has 3 nitrogen and oxygen atoms in total. The van der Waals surface area contributed by atoms with Crippen molar-refractivity contribution in [2.75, 3.05) is 44.8 Å². The molecule has 0 atom stereocenters. The van der Waals surface area contributed by atoms with Crippen LogP contribution in [-0.4, -0.2) is 55.8 Å². The first-order valence-electron chi connectivity index (χ1n) is 7.20. The molecule has 0 amide bonds. The second-order valence-electron chi connectivity index (χ2n) is 5.40. The second kappa shape index (κ2) is 10.2. The minimum absolute atomic E-state index is 0.473. The Morgan fingerprint density at radius 1 is 1.17 bits per heavy atom. The van der Waals surface area contributed by atoms with Crippen LogP contribution in [0.4, 0.5) is 0 Å². The zero-order valence-corrected chi connectivity index (χ0v) is 13.5. The molecule has 1 rings (SSSR count). The highest BCUT2D eigenvalue weighted by Gasteiger charge is 2.18. The summed E-state index contributed by atoms with van der Waals surface area (Å²) >= 11 is 3.40. The summed E-state index contributed by atoms with van der Waals surface area (Å²) in [6.07, 6.45) is 3.97. The highest BCUT2D eigenvalue weighted by molar-refractivity contribution is 9.09. The van der Waals surface area contributed by atoms with Crippen molar-refractivity contribution >= 4 is 15.9 Å². The Labute approximate surface area is 120 Å². The van der Waals surface area contributed by atoms with Gasteiger partial charge in [0.1, 0.15) is 0 Å². The third-order valence-corrected chi connectivity index (χ3v) is 3.68. The first kappa shape index (κ1) is 16.4. The molecular weight excluding hydrogens is 294 g/mol. The number of hydrogen-bond donors (Lipinski definition) is 0. The SMILES string of the molecule is CC(C)CCOCCN1CCC(OCCBr)CC1. The van der Waals surface area contributed by atoms with Gasteiger partial charge in [0.2, 0.25) is 0 Å². The molecular formula is C14H28BrNO2. The average molecular weight is 322 g/mol. The van der Waals surface area contributed by atoms with E-state index in [-0.39, 0.29) is 0 Å². The fourth-order valence-electron chi connectivity index (χ4n) is 2.13. The number of halogens is 1. The maximum absolute atomic E-state index is 5.75. The van der Waals surface area contributed by atoms with Gasteiger partial charge in [-0.25, -0.2) is 0 Å². The first-order valence-corrected chi connectivity index (χ1v) is 8.32. The third-order valence-electron chi connectivity index (χ3n) is 3.36. The monoisotopic (exact) mass is 321 g/mol. The molecule has 1 heterocycles. The van der Waals surface area contributed by atoms with E-state index in [1.54, 1.807) is 0 Å². The molecule has 0 N–H and O–H groups in total. The van der Waals surface area contributed by atoms with E-state index in [4.69, 9.17) is 9.47 Å². The van der Waals surface area contributed by atoms with Gasteiger partial charge in [-0.15, -0.1) is 0 Å². The smallest absolute Gasteiger partial charge is 0.0599 e. The van der Waals surface area contributed by atoms with Crippen molar-refractivity contribution in [1.82, 2.24) is 4.90 Å². The van der Waals surface area contributed by atoms with Crippen LogP contribution in [0.2, 0.25) is 0 Å². The van der Waals surface area contributed by atoms with Crippen molar-refractivity contribution in [2.24, 2.45) is 5.92 Å². The predicted molar refractivity (Wildman–Crippen MR) is 79.5 cm³/mol. The van der Waals surface area contributed by atoms with Crippen LogP contribution in [0.3, 0.4) is 0 Å². The van der Waals surface area contributed by atoms with Gasteiger partial charge in [-0.2, -0.15) is 0 Å². The molecule has 1 saturated heterocycles. The number of hydrogen-bond acceptors (Lipinski definition) is 3. The van der Waals surface area contributed by atoms with Gasteiger partial charge in [0.25, 0.3) is 0 Å². The van der Waals surface area contributed by atoms with Gasteiger partial charge in [0.05, 0.1) is 19.3 Å². The van der Waals surface area contributed by atoms with E-state index in [0.717, 1.165) is 50.7 Å². The van der Waals surface area contributed by atoms with E-state index < -0.39 is 0 Å². The highest BCUT2D eigenvalue weighted by Crippen LogP contribution is 2.13. The van der Waals surface area contributed by atoms with Crippen molar-refractivity contribution in [3.8, 4) is 0 Å². The van der Waals surface area contributed by atoms with Gasteiger partial charge in [-0.3, -0.25) is 0 Å². The average Bonchev–Trinajstić information content (AvgIpc) is 2.37. The van der Waals surface area contributed by atoms with E-state index in [2.05, 4.69) is 34.7 Å². The Morgan fingerprint density at radius 3 is 2.50 bits per heavy atom. The van der Waals surface area contributed by atoms with Crippen molar-refractivity contribution in [1.29, 1.82) is 0 Å². The van der Waals surface area contributed by atoms with Crippen LogP contribution < -0.4 is 0 Å². The van der Waals surface area contributed by atoms with Gasteiger partial charge in [-0.05, 0) is 25.2 Å². The molecule has 0 aromatic carbocycles. The summed E-state index contributed by atoms with van der Waals surface area (Å²) in [6, 6.07) is 0. The van der Waals surface area contributed by atoms with E-state index in [9.17, 15) is 0 Å². The predicted octanol–water partition coefficient (Wildman–Crippen LogP) is 2.93. The standard InChI is InChI=1S/C14H28BrNO2/c1-13(2)5-10-17-12-9-16-7-3-14(4-8-16)18-11-6-15/h13-14H,3-12H2,1-2H3. The number of nitrogens with zero attached hydrogens (tertiary/aromatic N) is 1. The molecule has 0 spiro atoms. The first-order chi connectivity index (χ1) is 8.72. The molecule has 4 heteroatoms. The lowest BCUT2D eigenvalue weighted by Gasteiger charge is -2.31. The summed E-state index contributed by atoms with van der Waals surface area (Å²) in [5.41, 5.74) is 0. The number of likely N-dealkylation sites (tertiary alicyclic amines) is 1. The molecule has 108 valence electrons. The van der Waals surface area contributed by atoms with E-state index in [1.165, 1.54) is 19.3 Å². The molecule has 0 saturated carbocycles. The molecule has 0 aromatic heterocycles. The molecule has 0 bridgehead atoms. The molecule has 0 aliphatic carbocycles. The summed E-state index contributed by atoms with van der Waals surface area (Å²) < 4.78 is 11.4. The van der Waals surface area contributed by atoms with Crippen LogP contribution >= 0.6 is 15.9 Å². The zero-order valence-electron chi connectivity index (χ0n) is 11.9. The van der Waals surface area contributed by atoms with Crippen LogP contribution in [-0.2, 0) is 9.47 Å². The quantitative estimate of drug-likeness (QED) is 0.481. The molecule has 1 fully saturated rings. The summed E-state index contributed by atoms with van der Waals surface area (Å²) in [7, 11) is 0. The van der Waals surface area contributed by atoms with Crippen LogP contribution in [0.25, 0.3) is 0 Å². The van der Waals surface area contributed by atoms with Gasteiger partial charge in [0.15, 0.2) is 0 Å². The molecule has 1 aliphatic rings. The maximum Gasteiger partial charge on any atom is 0.0599 e. The van der Waals surface area contributed by atoms with Crippen molar-refractivity contribution in [3.63, 3.8) is 0 Å². The Morgan fingerprint density at radius 2 is 1.89 bits per heavy atom. The molecule has 0 radical (unpaired) electrons. The number of piperidine rings is 1. The van der Waals surface area contributed by atoms with E-state index in [0.29, 0.717) is 6.10 Å². The summed E-state index contributed by atoms with van der Waals surface area (Å²) in [5, 5.41) is 0.941. The van der Waals surface area contributed by atoms with Crippen molar-refractivity contribution < 1.29 is 9.47 Å². The largest absolute Gasteiger partial charge is 0.380 e. The minimum Gasteiger partial charge on any atom is -0.380 e. The Bertz CT molecular complexity index is 194. The lowest BCUT2D eigenvalue weighted by Crippen LogP contribution is -2.39. The normalized spacial score (nSPS) is 18.7. The van der Waals surface area contributed by atoms with E-state index in [1.807, 2.05) is 0 Å². The lowest BCUT2D eigenvalue weighted by molar-refractivity contribution is 0.00774. The van der Waals surface area contributed by atoms with Crippen molar-refractivity contribution in [2.45, 2.75) is 39.2 Å². The second-order valence-corrected chi connectivity index (χ2v) is 6.19. The molecule has 18 heavy (non-hydrogen) atoms. The van der Waals surface area contributed by atoms with Crippen LogP contribution in [0.5, 0.6) is 0 Å². The van der Waals surface area contributed by atoms with Gasteiger partial charge in [0, 0.05) is 31.6 Å². The number of ether oxygens (including phenoxy) is 2. The minimum atomic E-state index is 0.473. The Kier molecular flexibility index (Phi) is 9.29. The maximum atomic E-state index is 5.75. The summed E-state index contributed by atoms with van der Waals surface area (Å²) in [5.74, 6) is 0.743. The van der Waals surface area contributed by atoms with Crippen molar-refractivity contribution in [3.05, 3.63) is 0 Å². The number of rotatable bonds is 9. The van der Waals surface area contributed by atoms with Crippen LogP contribution in [0.1, 0.15) is 33.1 Å². The highest BCUT2D eigenvalue weighted by atomic mass is 79.9. The van der Waals surface area contributed by atoms with Gasteiger partial charge in [-0.1, -0.05) is 29.8 Å². The van der Waals surface area contributed by atoms with Gasteiger partial charge < -0.3 is 14.4 Å². The fourth-order valence-corrected chi connectivity index (χ4v) is 2.31. The van der Waals surface area contributed by atoms with Crippen LogP contribution in [0, 0.1) is 5.92 Å². The third kappa shape index (κ3) is 7.72. The Hall–Kier alpha value is 0.360. The number of alkyl halides is 1. The summed E-state index contributed by atoms with van der Waals surface area (Å²) in [4.78, 5) is 2.49. The molecule has 1 aliphatic heterocycles. The fraction of sp³-hybridized carbons (Fsp3) is 1.00. The summed E-state index contributed by atoms with van der Waals surface area (Å²) in [6.45, 7) is 10.5.